The van der Waals surface area contributed by atoms with Crippen molar-refractivity contribution in [2.24, 2.45) is 0 Å². The van der Waals surface area contributed by atoms with Crippen LogP contribution < -0.4 is 14.8 Å². The van der Waals surface area contributed by atoms with Gasteiger partial charge in [-0.2, -0.15) is 0 Å². The first-order valence-corrected chi connectivity index (χ1v) is 9.12. The molecule has 2 N–H and O–H groups in total. The molecule has 2 aromatic rings. The molecule has 0 aliphatic heterocycles. The standard InChI is InChI=1S/C16H17ClN2O5S/c1-3-24-16(20)18-14-10-11(8-9-15(14)23-2)25(21,22)19-13-7-5-4-6-12(13)17/h4-10,19H,3H2,1-2H3,(H,18,20). The first kappa shape index (κ1) is 18.9. The van der Waals surface area contributed by atoms with Gasteiger partial charge in [-0.1, -0.05) is 23.7 Å². The maximum absolute atomic E-state index is 12.6. The zero-order valence-electron chi connectivity index (χ0n) is 13.6. The number of benzene rings is 2. The van der Waals surface area contributed by atoms with Crippen molar-refractivity contribution in [1.29, 1.82) is 0 Å². The molecule has 2 rings (SSSR count). The summed E-state index contributed by atoms with van der Waals surface area (Å²) in [6.45, 7) is 1.84. The van der Waals surface area contributed by atoms with Crippen molar-refractivity contribution in [3.8, 4) is 5.75 Å². The number of anilines is 2. The van der Waals surface area contributed by atoms with Crippen LogP contribution >= 0.6 is 11.6 Å². The summed E-state index contributed by atoms with van der Waals surface area (Å²) in [7, 11) is -2.51. The lowest BCUT2D eigenvalue weighted by Gasteiger charge is -2.13. The zero-order valence-corrected chi connectivity index (χ0v) is 15.1. The van der Waals surface area contributed by atoms with Crippen LogP contribution in [0.3, 0.4) is 0 Å². The van der Waals surface area contributed by atoms with E-state index >= 15 is 0 Å². The Labute approximate surface area is 151 Å². The Morgan fingerprint density at radius 1 is 1.16 bits per heavy atom. The number of ether oxygens (including phenoxy) is 2. The molecule has 0 spiro atoms. The van der Waals surface area contributed by atoms with Gasteiger partial charge < -0.3 is 9.47 Å². The minimum Gasteiger partial charge on any atom is -0.495 e. The third-order valence-corrected chi connectivity index (χ3v) is 4.80. The number of para-hydroxylation sites is 1. The molecule has 0 saturated carbocycles. The first-order chi connectivity index (χ1) is 11.9. The predicted octanol–water partition coefficient (Wildman–Crippen LogP) is 3.72. The SMILES string of the molecule is CCOC(=O)Nc1cc(S(=O)(=O)Nc2ccccc2Cl)ccc1OC. The summed E-state index contributed by atoms with van der Waals surface area (Å²) < 4.78 is 37.4. The van der Waals surface area contributed by atoms with Gasteiger partial charge in [-0.25, -0.2) is 13.2 Å². The molecule has 0 unspecified atom stereocenters. The van der Waals surface area contributed by atoms with Gasteiger partial charge in [0, 0.05) is 0 Å². The first-order valence-electron chi connectivity index (χ1n) is 7.26. The van der Waals surface area contributed by atoms with Crippen LogP contribution in [0.1, 0.15) is 6.92 Å². The molecule has 7 nitrogen and oxygen atoms in total. The highest BCUT2D eigenvalue weighted by Gasteiger charge is 2.19. The van der Waals surface area contributed by atoms with E-state index in [1.165, 1.54) is 25.3 Å². The maximum atomic E-state index is 12.6. The number of carbonyl (C=O) groups excluding carboxylic acids is 1. The van der Waals surface area contributed by atoms with Crippen LogP contribution in [0.15, 0.2) is 47.4 Å². The third kappa shape index (κ3) is 4.77. The van der Waals surface area contributed by atoms with E-state index < -0.39 is 16.1 Å². The summed E-state index contributed by atoms with van der Waals surface area (Å²) in [5.74, 6) is 0.296. The fourth-order valence-corrected chi connectivity index (χ4v) is 3.32. The highest BCUT2D eigenvalue weighted by molar-refractivity contribution is 7.92. The number of rotatable bonds is 6. The van der Waals surface area contributed by atoms with Gasteiger partial charge in [0.2, 0.25) is 0 Å². The average molecular weight is 385 g/mol. The van der Waals surface area contributed by atoms with Crippen molar-refractivity contribution >= 4 is 39.1 Å². The number of sulfonamides is 1. The Morgan fingerprint density at radius 3 is 2.52 bits per heavy atom. The van der Waals surface area contributed by atoms with Gasteiger partial charge in [-0.05, 0) is 37.3 Å². The van der Waals surface area contributed by atoms with Crippen LogP contribution in [0.2, 0.25) is 5.02 Å². The van der Waals surface area contributed by atoms with Crippen molar-refractivity contribution in [2.45, 2.75) is 11.8 Å². The number of halogens is 1. The Bertz CT molecular complexity index is 871. The normalized spacial score (nSPS) is 10.8. The van der Waals surface area contributed by atoms with Gasteiger partial charge >= 0.3 is 6.09 Å². The van der Waals surface area contributed by atoms with Crippen molar-refractivity contribution in [2.75, 3.05) is 23.8 Å². The highest BCUT2D eigenvalue weighted by Crippen LogP contribution is 2.30. The molecule has 134 valence electrons. The van der Waals surface area contributed by atoms with Crippen LogP contribution in [-0.4, -0.2) is 28.2 Å². The van der Waals surface area contributed by atoms with Crippen molar-refractivity contribution < 1.29 is 22.7 Å². The van der Waals surface area contributed by atoms with Crippen molar-refractivity contribution in [3.05, 3.63) is 47.5 Å². The number of methoxy groups -OCH3 is 1. The molecule has 0 atom stereocenters. The topological polar surface area (TPSA) is 93.7 Å². The minimum atomic E-state index is -3.91. The smallest absolute Gasteiger partial charge is 0.411 e. The monoisotopic (exact) mass is 384 g/mol. The van der Waals surface area contributed by atoms with Crippen LogP contribution in [-0.2, 0) is 14.8 Å². The van der Waals surface area contributed by atoms with Crippen molar-refractivity contribution in [1.82, 2.24) is 0 Å². The molecule has 0 aliphatic rings. The summed E-state index contributed by atoms with van der Waals surface area (Å²) in [6, 6.07) is 10.5. The number of hydrogen-bond donors (Lipinski definition) is 2. The lowest BCUT2D eigenvalue weighted by Crippen LogP contribution is -2.16. The number of nitrogens with one attached hydrogen (secondary N) is 2. The van der Waals surface area contributed by atoms with Gasteiger partial charge in [0.05, 0.1) is 35.0 Å². The molecule has 0 heterocycles. The molecular formula is C16H17ClN2O5S. The van der Waals surface area contributed by atoms with Gasteiger partial charge in [0.25, 0.3) is 10.0 Å². The molecule has 2 aromatic carbocycles. The molecule has 25 heavy (non-hydrogen) atoms. The molecule has 0 aliphatic carbocycles. The average Bonchev–Trinajstić information content (AvgIpc) is 2.57. The number of amides is 1. The fourth-order valence-electron chi connectivity index (χ4n) is 1.98. The second-order valence-electron chi connectivity index (χ2n) is 4.79. The quantitative estimate of drug-likeness (QED) is 0.791. The predicted molar refractivity (Wildman–Crippen MR) is 95.9 cm³/mol. The van der Waals surface area contributed by atoms with Gasteiger partial charge in [-0.3, -0.25) is 10.0 Å². The van der Waals surface area contributed by atoms with E-state index in [0.717, 1.165) is 0 Å². The Balaban J connectivity index is 2.34. The molecule has 9 heteroatoms. The van der Waals surface area contributed by atoms with Crippen LogP contribution in [0.25, 0.3) is 0 Å². The summed E-state index contributed by atoms with van der Waals surface area (Å²) in [5, 5.41) is 2.71. The Kier molecular flexibility index (Phi) is 6.11. The molecule has 0 radical (unpaired) electrons. The highest BCUT2D eigenvalue weighted by atomic mass is 35.5. The lowest BCUT2D eigenvalue weighted by atomic mass is 10.3. The summed E-state index contributed by atoms with van der Waals surface area (Å²) in [6.07, 6.45) is -0.714. The fraction of sp³-hybridized carbons (Fsp3) is 0.188. The molecule has 0 fully saturated rings. The number of hydrogen-bond acceptors (Lipinski definition) is 5. The van der Waals surface area contributed by atoms with Gasteiger partial charge in [0.15, 0.2) is 0 Å². The van der Waals surface area contributed by atoms with E-state index in [9.17, 15) is 13.2 Å². The molecule has 0 aromatic heterocycles. The van der Waals surface area contributed by atoms with Crippen molar-refractivity contribution in [3.63, 3.8) is 0 Å². The Morgan fingerprint density at radius 2 is 1.88 bits per heavy atom. The molecule has 0 saturated heterocycles. The lowest BCUT2D eigenvalue weighted by molar-refractivity contribution is 0.168. The summed E-state index contributed by atoms with van der Waals surface area (Å²) in [4.78, 5) is 11.5. The van der Waals surface area contributed by atoms with Gasteiger partial charge in [-0.15, -0.1) is 0 Å². The van der Waals surface area contributed by atoms with Crippen LogP contribution in [0, 0.1) is 0 Å². The number of carbonyl (C=O) groups is 1. The summed E-state index contributed by atoms with van der Waals surface area (Å²) in [5.41, 5.74) is 0.419. The molecule has 0 bridgehead atoms. The van der Waals surface area contributed by atoms with Crippen LogP contribution in [0.4, 0.5) is 16.2 Å². The van der Waals surface area contributed by atoms with E-state index in [1.54, 1.807) is 31.2 Å². The van der Waals surface area contributed by atoms with E-state index in [0.29, 0.717) is 5.75 Å². The maximum Gasteiger partial charge on any atom is 0.411 e. The van der Waals surface area contributed by atoms with E-state index in [1.807, 2.05) is 0 Å². The van der Waals surface area contributed by atoms with Crippen LogP contribution in [0.5, 0.6) is 5.75 Å². The van der Waals surface area contributed by atoms with E-state index in [4.69, 9.17) is 21.1 Å². The molecular weight excluding hydrogens is 368 g/mol. The zero-order chi connectivity index (χ0) is 18.4. The molecule has 1 amide bonds. The van der Waals surface area contributed by atoms with E-state index in [2.05, 4.69) is 10.0 Å². The second-order valence-corrected chi connectivity index (χ2v) is 6.88. The third-order valence-electron chi connectivity index (χ3n) is 3.11. The Hall–Kier alpha value is -2.45. The minimum absolute atomic E-state index is 0.0694. The van der Waals surface area contributed by atoms with E-state index in [-0.39, 0.29) is 27.9 Å². The van der Waals surface area contributed by atoms with Gasteiger partial charge in [0.1, 0.15) is 5.75 Å². The summed E-state index contributed by atoms with van der Waals surface area (Å²) >= 11 is 5.98. The largest absolute Gasteiger partial charge is 0.495 e. The second kappa shape index (κ2) is 8.09.